The van der Waals surface area contributed by atoms with E-state index in [0.717, 1.165) is 9.86 Å². The molecular weight excluding hydrogens is 396 g/mol. The van der Waals surface area contributed by atoms with Gasteiger partial charge in [-0.05, 0) is 47.9 Å². The van der Waals surface area contributed by atoms with Gasteiger partial charge in [0.15, 0.2) is 0 Å². The lowest BCUT2D eigenvalue weighted by molar-refractivity contribution is -0.114. The standard InChI is InChI=1S/C20H13BrN2O3/c1-11(24)22-14-5-7-15(8-6-14)23-19(25)16-4-2-3-12-9-13(21)10-17(18(12)16)20(23)26/h2-10H,1H3,(H,22,24). The molecule has 0 aromatic heterocycles. The highest BCUT2D eigenvalue weighted by molar-refractivity contribution is 9.10. The number of carbonyl (C=O) groups is 3. The SMILES string of the molecule is CC(=O)Nc1ccc(N2C(=O)c3cccc4cc(Br)cc(c34)C2=O)cc1. The van der Waals surface area contributed by atoms with Crippen molar-refractivity contribution < 1.29 is 14.4 Å². The van der Waals surface area contributed by atoms with Crippen LogP contribution in [0.1, 0.15) is 27.6 Å². The molecule has 1 N–H and O–H groups in total. The van der Waals surface area contributed by atoms with Gasteiger partial charge in [-0.15, -0.1) is 0 Å². The van der Waals surface area contributed by atoms with Crippen LogP contribution in [0.5, 0.6) is 0 Å². The van der Waals surface area contributed by atoms with Crippen LogP contribution in [0.4, 0.5) is 11.4 Å². The molecule has 1 aliphatic rings. The molecule has 1 heterocycles. The van der Waals surface area contributed by atoms with E-state index in [1.54, 1.807) is 42.5 Å². The zero-order chi connectivity index (χ0) is 18.4. The largest absolute Gasteiger partial charge is 0.326 e. The molecule has 4 rings (SSSR count). The summed E-state index contributed by atoms with van der Waals surface area (Å²) < 4.78 is 0.779. The second-order valence-corrected chi connectivity index (χ2v) is 6.95. The molecule has 6 heteroatoms. The summed E-state index contributed by atoms with van der Waals surface area (Å²) >= 11 is 3.43. The summed E-state index contributed by atoms with van der Waals surface area (Å²) in [4.78, 5) is 38.3. The molecule has 0 aliphatic carbocycles. The van der Waals surface area contributed by atoms with Crippen molar-refractivity contribution in [2.24, 2.45) is 0 Å². The Morgan fingerprint density at radius 2 is 1.65 bits per heavy atom. The molecule has 5 nitrogen and oxygen atoms in total. The van der Waals surface area contributed by atoms with Crippen molar-refractivity contribution in [1.29, 1.82) is 0 Å². The number of halogens is 1. The molecule has 0 radical (unpaired) electrons. The van der Waals surface area contributed by atoms with Crippen LogP contribution in [0.25, 0.3) is 10.8 Å². The van der Waals surface area contributed by atoms with Crippen molar-refractivity contribution in [3.05, 3.63) is 70.2 Å². The number of anilines is 2. The van der Waals surface area contributed by atoms with E-state index in [4.69, 9.17) is 0 Å². The predicted molar refractivity (Wildman–Crippen MR) is 104 cm³/mol. The summed E-state index contributed by atoms with van der Waals surface area (Å²) in [5, 5.41) is 4.18. The van der Waals surface area contributed by atoms with Crippen LogP contribution in [0.3, 0.4) is 0 Å². The van der Waals surface area contributed by atoms with Crippen LogP contribution in [0.15, 0.2) is 59.1 Å². The van der Waals surface area contributed by atoms with E-state index in [9.17, 15) is 14.4 Å². The van der Waals surface area contributed by atoms with E-state index in [-0.39, 0.29) is 17.7 Å². The normalized spacial score (nSPS) is 13.2. The van der Waals surface area contributed by atoms with E-state index < -0.39 is 0 Å². The average Bonchev–Trinajstić information content (AvgIpc) is 2.60. The van der Waals surface area contributed by atoms with Gasteiger partial charge >= 0.3 is 0 Å². The molecule has 3 amide bonds. The first-order chi connectivity index (χ1) is 12.5. The third kappa shape index (κ3) is 2.59. The first-order valence-electron chi connectivity index (χ1n) is 7.94. The number of hydrogen-bond donors (Lipinski definition) is 1. The molecule has 1 aliphatic heterocycles. The van der Waals surface area contributed by atoms with Crippen molar-refractivity contribution in [3.63, 3.8) is 0 Å². The topological polar surface area (TPSA) is 66.5 Å². The van der Waals surface area contributed by atoms with Crippen LogP contribution in [-0.2, 0) is 4.79 Å². The van der Waals surface area contributed by atoms with Gasteiger partial charge in [0.1, 0.15) is 0 Å². The number of benzene rings is 3. The predicted octanol–water partition coefficient (Wildman–Crippen LogP) is 4.36. The highest BCUT2D eigenvalue weighted by Crippen LogP contribution is 2.35. The summed E-state index contributed by atoms with van der Waals surface area (Å²) in [5.41, 5.74) is 2.03. The first-order valence-corrected chi connectivity index (χ1v) is 8.74. The van der Waals surface area contributed by atoms with Gasteiger partial charge in [-0.2, -0.15) is 0 Å². The highest BCUT2D eigenvalue weighted by atomic mass is 79.9. The van der Waals surface area contributed by atoms with Crippen molar-refractivity contribution in [1.82, 2.24) is 0 Å². The summed E-state index contributed by atoms with van der Waals surface area (Å²) in [6.45, 7) is 1.42. The van der Waals surface area contributed by atoms with Crippen LogP contribution < -0.4 is 10.2 Å². The fourth-order valence-corrected chi connectivity index (χ4v) is 3.68. The maximum Gasteiger partial charge on any atom is 0.266 e. The van der Waals surface area contributed by atoms with Gasteiger partial charge in [-0.25, -0.2) is 4.90 Å². The molecule has 26 heavy (non-hydrogen) atoms. The molecular formula is C20H13BrN2O3. The Morgan fingerprint density at radius 3 is 2.35 bits per heavy atom. The van der Waals surface area contributed by atoms with Gasteiger partial charge in [-0.3, -0.25) is 14.4 Å². The monoisotopic (exact) mass is 408 g/mol. The number of nitrogens with zero attached hydrogens (tertiary/aromatic N) is 1. The molecule has 0 saturated carbocycles. The van der Waals surface area contributed by atoms with Crippen LogP contribution in [-0.4, -0.2) is 17.7 Å². The van der Waals surface area contributed by atoms with Gasteiger partial charge in [0.05, 0.1) is 11.3 Å². The summed E-state index contributed by atoms with van der Waals surface area (Å²) in [6, 6.07) is 15.6. The van der Waals surface area contributed by atoms with Crippen molar-refractivity contribution >= 4 is 55.8 Å². The summed E-state index contributed by atoms with van der Waals surface area (Å²) in [7, 11) is 0. The number of hydrogen-bond acceptors (Lipinski definition) is 3. The fraction of sp³-hybridized carbons (Fsp3) is 0.0500. The van der Waals surface area contributed by atoms with Crippen LogP contribution in [0.2, 0.25) is 0 Å². The van der Waals surface area contributed by atoms with Crippen LogP contribution >= 0.6 is 15.9 Å². The lowest BCUT2D eigenvalue weighted by atomic mass is 9.94. The zero-order valence-corrected chi connectivity index (χ0v) is 15.3. The Morgan fingerprint density at radius 1 is 0.962 bits per heavy atom. The van der Waals surface area contributed by atoms with Gasteiger partial charge < -0.3 is 5.32 Å². The smallest absolute Gasteiger partial charge is 0.266 e. The number of rotatable bonds is 2. The lowest BCUT2D eigenvalue weighted by Gasteiger charge is -2.27. The zero-order valence-electron chi connectivity index (χ0n) is 13.7. The van der Waals surface area contributed by atoms with E-state index >= 15 is 0 Å². The average molecular weight is 409 g/mol. The maximum atomic E-state index is 13.0. The Bertz CT molecular complexity index is 1090. The maximum absolute atomic E-state index is 13.0. The van der Waals surface area contributed by atoms with Crippen molar-refractivity contribution in [3.8, 4) is 0 Å². The second-order valence-electron chi connectivity index (χ2n) is 6.03. The lowest BCUT2D eigenvalue weighted by Crippen LogP contribution is -2.40. The number of nitrogens with one attached hydrogen (secondary N) is 1. The third-order valence-electron chi connectivity index (χ3n) is 4.25. The second kappa shape index (κ2) is 6.07. The molecule has 0 spiro atoms. The van der Waals surface area contributed by atoms with E-state index in [1.807, 2.05) is 12.1 Å². The molecule has 0 fully saturated rings. The van der Waals surface area contributed by atoms with Gasteiger partial charge in [0.25, 0.3) is 11.8 Å². The van der Waals surface area contributed by atoms with Crippen molar-refractivity contribution in [2.75, 3.05) is 10.2 Å². The number of imide groups is 1. The number of carbonyl (C=O) groups excluding carboxylic acids is 3. The Labute approximate surface area is 157 Å². The molecule has 0 unspecified atom stereocenters. The minimum absolute atomic E-state index is 0.187. The van der Waals surface area contributed by atoms with Gasteiger partial charge in [-0.1, -0.05) is 28.1 Å². The van der Waals surface area contributed by atoms with Crippen LogP contribution in [0, 0.1) is 0 Å². The Hall–Kier alpha value is -2.99. The van der Waals surface area contributed by atoms with E-state index in [0.29, 0.717) is 27.9 Å². The quantitative estimate of drug-likeness (QED) is 0.640. The summed E-state index contributed by atoms with van der Waals surface area (Å²) in [5.74, 6) is -0.914. The molecule has 3 aromatic rings. The third-order valence-corrected chi connectivity index (χ3v) is 4.71. The first kappa shape index (κ1) is 16.5. The highest BCUT2D eigenvalue weighted by Gasteiger charge is 2.34. The molecule has 0 atom stereocenters. The fourth-order valence-electron chi connectivity index (χ4n) is 3.20. The minimum Gasteiger partial charge on any atom is -0.326 e. The number of amides is 3. The molecule has 3 aromatic carbocycles. The van der Waals surface area contributed by atoms with Gasteiger partial charge in [0, 0.05) is 28.0 Å². The van der Waals surface area contributed by atoms with E-state index in [2.05, 4.69) is 21.2 Å². The van der Waals surface area contributed by atoms with E-state index in [1.165, 1.54) is 11.8 Å². The van der Waals surface area contributed by atoms with Gasteiger partial charge in [0.2, 0.25) is 5.91 Å². The summed E-state index contributed by atoms with van der Waals surface area (Å²) in [6.07, 6.45) is 0. The minimum atomic E-state index is -0.368. The molecule has 0 saturated heterocycles. The Kier molecular flexibility index (Phi) is 3.85. The van der Waals surface area contributed by atoms with Crippen molar-refractivity contribution in [2.45, 2.75) is 6.92 Å². The molecule has 128 valence electrons. The Balaban J connectivity index is 1.83. The molecule has 0 bridgehead atoms.